The van der Waals surface area contributed by atoms with Crippen molar-refractivity contribution in [3.05, 3.63) is 42.6 Å². The molecule has 0 unspecified atom stereocenters. The number of nitrogens with zero attached hydrogens (tertiary/aromatic N) is 1. The number of halogens is 2. The van der Waals surface area contributed by atoms with Crippen LogP contribution < -0.4 is 0 Å². The van der Waals surface area contributed by atoms with Crippen molar-refractivity contribution in [2.75, 3.05) is 6.61 Å². The first-order chi connectivity index (χ1) is 12.0. The normalized spacial score (nSPS) is 13.9. The summed E-state index contributed by atoms with van der Waals surface area (Å²) in [5.41, 5.74) is 2.26. The van der Waals surface area contributed by atoms with Gasteiger partial charge in [0.25, 0.3) is 0 Å². The molecule has 0 saturated carbocycles. The molecule has 0 fully saturated rings. The van der Waals surface area contributed by atoms with Gasteiger partial charge in [0.1, 0.15) is 10.8 Å². The zero-order chi connectivity index (χ0) is 18.0. The summed E-state index contributed by atoms with van der Waals surface area (Å²) in [5.74, 6) is -0.187. The number of rotatable bonds is 4. The summed E-state index contributed by atoms with van der Waals surface area (Å²) in [5, 5.41) is 10.7. The average Bonchev–Trinajstić information content (AvgIpc) is 2.95. The fourth-order valence-electron chi connectivity index (χ4n) is 2.84. The van der Waals surface area contributed by atoms with Crippen molar-refractivity contribution in [3.63, 3.8) is 0 Å². The highest BCUT2D eigenvalue weighted by molar-refractivity contribution is 9.13. The molecule has 4 nitrogen and oxygen atoms in total. The number of phenolic OH excluding ortho intramolecular Hbond substituents is 1. The second kappa shape index (κ2) is 8.01. The van der Waals surface area contributed by atoms with E-state index in [1.807, 2.05) is 0 Å². The Morgan fingerprint density at radius 2 is 2.04 bits per heavy atom. The average molecular weight is 487 g/mol. The van der Waals surface area contributed by atoms with Crippen molar-refractivity contribution in [1.82, 2.24) is 0 Å². The van der Waals surface area contributed by atoms with Crippen LogP contribution >= 0.6 is 43.2 Å². The van der Waals surface area contributed by atoms with Crippen LogP contribution in [0, 0.1) is 0 Å². The van der Waals surface area contributed by atoms with Crippen LogP contribution in [0.2, 0.25) is 0 Å². The molecule has 1 aromatic carbocycles. The van der Waals surface area contributed by atoms with Crippen molar-refractivity contribution in [2.24, 2.45) is 4.99 Å². The molecule has 7 heteroatoms. The molecule has 0 bridgehead atoms. The molecule has 1 aliphatic carbocycles. The minimum atomic E-state index is -0.310. The van der Waals surface area contributed by atoms with Crippen molar-refractivity contribution in [2.45, 2.75) is 32.6 Å². The number of benzene rings is 1. The van der Waals surface area contributed by atoms with Gasteiger partial charge in [-0.15, -0.1) is 11.3 Å². The van der Waals surface area contributed by atoms with E-state index in [1.165, 1.54) is 4.88 Å². The quantitative estimate of drug-likeness (QED) is 0.439. The number of fused-ring (bicyclic) bond motifs is 1. The lowest BCUT2D eigenvalue weighted by Crippen LogP contribution is -2.09. The Morgan fingerprint density at radius 1 is 1.32 bits per heavy atom. The smallest absolute Gasteiger partial charge is 0.341 e. The fourth-order valence-corrected chi connectivity index (χ4v) is 4.75. The molecule has 132 valence electrons. The zero-order valence-corrected chi connectivity index (χ0v) is 17.6. The first-order valence-corrected chi connectivity index (χ1v) is 10.4. The van der Waals surface area contributed by atoms with Gasteiger partial charge in [0.2, 0.25) is 0 Å². The third-order valence-electron chi connectivity index (χ3n) is 4.02. The maximum absolute atomic E-state index is 12.4. The maximum Gasteiger partial charge on any atom is 0.341 e. The minimum absolute atomic E-state index is 0.123. The van der Waals surface area contributed by atoms with Gasteiger partial charge in [0.15, 0.2) is 0 Å². The molecule has 25 heavy (non-hydrogen) atoms. The van der Waals surface area contributed by atoms with E-state index in [9.17, 15) is 9.90 Å². The molecular formula is C18H17Br2NO3S. The minimum Gasteiger partial charge on any atom is -0.507 e. The summed E-state index contributed by atoms with van der Waals surface area (Å²) < 4.78 is 6.82. The molecule has 0 saturated heterocycles. The number of ether oxygens (including phenoxy) is 1. The number of carbonyl (C=O) groups excluding carboxylic acids is 1. The molecule has 1 heterocycles. The van der Waals surface area contributed by atoms with Crippen LogP contribution in [0.3, 0.4) is 0 Å². The Morgan fingerprint density at radius 3 is 2.80 bits per heavy atom. The number of esters is 1. The first-order valence-electron chi connectivity index (χ1n) is 8.05. The highest BCUT2D eigenvalue weighted by Crippen LogP contribution is 2.40. The molecule has 1 aromatic heterocycles. The van der Waals surface area contributed by atoms with E-state index in [1.54, 1.807) is 36.6 Å². The van der Waals surface area contributed by atoms with E-state index < -0.39 is 0 Å². The standard InChI is InChI=1S/C18H17Br2NO3S/c1-2-24-18(23)16-11-5-3-4-6-15(11)25-17(16)21-9-10-7-12(19)13(20)8-14(10)22/h7-9,22H,2-6H2,1H3. The Balaban J connectivity index is 2.01. The predicted molar refractivity (Wildman–Crippen MR) is 108 cm³/mol. The van der Waals surface area contributed by atoms with Crippen LogP contribution in [-0.4, -0.2) is 23.9 Å². The Bertz CT molecular complexity index is 845. The summed E-state index contributed by atoms with van der Waals surface area (Å²) in [4.78, 5) is 18.2. The van der Waals surface area contributed by atoms with Crippen LogP contribution in [0.15, 0.2) is 26.1 Å². The largest absolute Gasteiger partial charge is 0.507 e. The van der Waals surface area contributed by atoms with Crippen LogP contribution in [-0.2, 0) is 17.6 Å². The molecule has 0 aliphatic heterocycles. The van der Waals surface area contributed by atoms with E-state index in [0.717, 1.165) is 40.2 Å². The highest BCUT2D eigenvalue weighted by atomic mass is 79.9. The molecular weight excluding hydrogens is 470 g/mol. The Labute approximate surface area is 167 Å². The Hall–Kier alpha value is -1.18. The van der Waals surface area contributed by atoms with E-state index in [4.69, 9.17) is 4.74 Å². The van der Waals surface area contributed by atoms with Gasteiger partial charge in [-0.3, -0.25) is 0 Å². The second-order valence-electron chi connectivity index (χ2n) is 5.69. The van der Waals surface area contributed by atoms with Gasteiger partial charge >= 0.3 is 5.97 Å². The summed E-state index contributed by atoms with van der Waals surface area (Å²) in [6.07, 6.45) is 5.69. The molecule has 0 spiro atoms. The van der Waals surface area contributed by atoms with Crippen LogP contribution in [0.4, 0.5) is 5.00 Å². The Kier molecular flexibility index (Phi) is 5.96. The number of hydrogen-bond donors (Lipinski definition) is 1. The zero-order valence-electron chi connectivity index (χ0n) is 13.6. The fraction of sp³-hybridized carbons (Fsp3) is 0.333. The summed E-state index contributed by atoms with van der Waals surface area (Å²) in [6.45, 7) is 2.14. The van der Waals surface area contributed by atoms with Crippen LogP contribution in [0.5, 0.6) is 5.75 Å². The lowest BCUT2D eigenvalue weighted by Gasteiger charge is -2.11. The second-order valence-corrected chi connectivity index (χ2v) is 8.49. The molecule has 0 amide bonds. The number of carbonyl (C=O) groups is 1. The highest BCUT2D eigenvalue weighted by Gasteiger charge is 2.26. The lowest BCUT2D eigenvalue weighted by atomic mass is 9.95. The number of aryl methyl sites for hydroxylation is 1. The maximum atomic E-state index is 12.4. The SMILES string of the molecule is CCOC(=O)c1c(N=Cc2cc(Br)c(Br)cc2O)sc2c1CCCC2. The number of aromatic hydroxyl groups is 1. The number of aliphatic imine (C=N–C) groups is 1. The van der Waals surface area contributed by atoms with Crippen LogP contribution in [0.25, 0.3) is 0 Å². The molecule has 3 rings (SSSR count). The van der Waals surface area contributed by atoms with Crippen molar-refractivity contribution in [3.8, 4) is 5.75 Å². The number of hydrogen-bond acceptors (Lipinski definition) is 5. The van der Waals surface area contributed by atoms with Gasteiger partial charge in [0, 0.05) is 25.6 Å². The van der Waals surface area contributed by atoms with Gasteiger partial charge in [-0.25, -0.2) is 9.79 Å². The molecule has 0 radical (unpaired) electrons. The summed E-state index contributed by atoms with van der Waals surface area (Å²) in [6, 6.07) is 3.39. The van der Waals surface area contributed by atoms with E-state index in [0.29, 0.717) is 22.7 Å². The third-order valence-corrected chi connectivity index (χ3v) is 7.07. The molecule has 1 N–H and O–H groups in total. The van der Waals surface area contributed by atoms with Gasteiger partial charge in [0.05, 0.1) is 12.2 Å². The molecule has 2 aromatic rings. The van der Waals surface area contributed by atoms with E-state index >= 15 is 0 Å². The number of thiophene rings is 1. The van der Waals surface area contributed by atoms with Gasteiger partial charge in [-0.1, -0.05) is 0 Å². The van der Waals surface area contributed by atoms with Crippen LogP contribution in [0.1, 0.15) is 46.1 Å². The molecule has 1 aliphatic rings. The van der Waals surface area contributed by atoms with Gasteiger partial charge < -0.3 is 9.84 Å². The monoisotopic (exact) mass is 485 g/mol. The van der Waals surface area contributed by atoms with E-state index in [-0.39, 0.29) is 11.7 Å². The van der Waals surface area contributed by atoms with Crippen molar-refractivity contribution < 1.29 is 14.6 Å². The third kappa shape index (κ3) is 3.99. The van der Waals surface area contributed by atoms with Gasteiger partial charge in [-0.2, -0.15) is 0 Å². The summed E-state index contributed by atoms with van der Waals surface area (Å²) in [7, 11) is 0. The van der Waals surface area contributed by atoms with Crippen molar-refractivity contribution in [1.29, 1.82) is 0 Å². The topological polar surface area (TPSA) is 58.9 Å². The molecule has 0 atom stereocenters. The van der Waals surface area contributed by atoms with Crippen molar-refractivity contribution >= 4 is 60.4 Å². The van der Waals surface area contributed by atoms with E-state index in [2.05, 4.69) is 36.9 Å². The lowest BCUT2D eigenvalue weighted by molar-refractivity contribution is 0.0526. The summed E-state index contributed by atoms with van der Waals surface area (Å²) >= 11 is 8.32. The van der Waals surface area contributed by atoms with Gasteiger partial charge in [-0.05, 0) is 82.2 Å². The predicted octanol–water partition coefficient (Wildman–Crippen LogP) is 5.78. The number of phenols is 1. The first kappa shape index (κ1) is 18.6.